The van der Waals surface area contributed by atoms with Gasteiger partial charge in [0.1, 0.15) is 5.82 Å². The van der Waals surface area contributed by atoms with Gasteiger partial charge in [0, 0.05) is 60.8 Å². The van der Waals surface area contributed by atoms with Crippen LogP contribution in [0.5, 0.6) is 0 Å². The summed E-state index contributed by atoms with van der Waals surface area (Å²) in [6.45, 7) is 14.2. The number of rotatable bonds is 5. The summed E-state index contributed by atoms with van der Waals surface area (Å²) in [4.78, 5) is 31.7. The SMILES string of the molecule is C=CC(=O)N1CCN(c2nc(N3CC(N(C)C)C3)nc3c2C[C@@H](C)[C@H](c2c(C)c(Cl)cc4[nH]ncc24)C3)CC1C. The lowest BCUT2D eigenvalue weighted by molar-refractivity contribution is -0.128. The Labute approximate surface area is 241 Å². The van der Waals surface area contributed by atoms with Crippen LogP contribution in [0.1, 0.15) is 42.1 Å². The van der Waals surface area contributed by atoms with E-state index in [2.05, 4.69) is 66.3 Å². The number of fused-ring (bicyclic) bond motifs is 2. The second-order valence-electron chi connectivity index (χ2n) is 12.0. The summed E-state index contributed by atoms with van der Waals surface area (Å²) < 4.78 is 0. The number of nitrogens with one attached hydrogen (secondary N) is 1. The van der Waals surface area contributed by atoms with Crippen molar-refractivity contribution in [3.05, 3.63) is 52.3 Å². The monoisotopic (exact) mass is 562 g/mol. The molecule has 1 unspecified atom stereocenters. The molecule has 0 radical (unpaired) electrons. The highest BCUT2D eigenvalue weighted by molar-refractivity contribution is 6.32. The van der Waals surface area contributed by atoms with Gasteiger partial charge in [-0.1, -0.05) is 25.1 Å². The van der Waals surface area contributed by atoms with Gasteiger partial charge in [0.15, 0.2) is 0 Å². The van der Waals surface area contributed by atoms with Crippen LogP contribution in [0.25, 0.3) is 10.9 Å². The number of hydrogen-bond acceptors (Lipinski definition) is 7. The van der Waals surface area contributed by atoms with E-state index in [1.165, 1.54) is 17.2 Å². The zero-order valence-corrected chi connectivity index (χ0v) is 24.9. The molecule has 0 bridgehead atoms. The number of carbonyl (C=O) groups excluding carboxylic acids is 1. The molecule has 3 aromatic rings. The van der Waals surface area contributed by atoms with E-state index in [1.807, 2.05) is 17.2 Å². The molecule has 212 valence electrons. The van der Waals surface area contributed by atoms with E-state index < -0.39 is 0 Å². The number of nitrogens with zero attached hydrogens (tertiary/aromatic N) is 7. The Balaban J connectivity index is 1.39. The number of anilines is 2. The topological polar surface area (TPSA) is 84.5 Å². The van der Waals surface area contributed by atoms with Crippen molar-refractivity contribution in [1.82, 2.24) is 30.0 Å². The molecule has 9 nitrogen and oxygen atoms in total. The van der Waals surface area contributed by atoms with E-state index in [0.29, 0.717) is 18.5 Å². The number of benzene rings is 1. The highest BCUT2D eigenvalue weighted by Crippen LogP contribution is 2.44. The summed E-state index contributed by atoms with van der Waals surface area (Å²) >= 11 is 6.71. The number of piperazine rings is 1. The quantitative estimate of drug-likeness (QED) is 0.473. The maximum Gasteiger partial charge on any atom is 0.246 e. The molecule has 0 saturated carbocycles. The summed E-state index contributed by atoms with van der Waals surface area (Å²) in [6, 6.07) is 2.56. The van der Waals surface area contributed by atoms with Gasteiger partial charge in [-0.05, 0) is 75.9 Å². The van der Waals surface area contributed by atoms with E-state index >= 15 is 0 Å². The Bertz CT molecular complexity index is 1460. The normalized spacial score (nSPS) is 23.5. The summed E-state index contributed by atoms with van der Waals surface area (Å²) in [7, 11) is 4.25. The van der Waals surface area contributed by atoms with Crippen molar-refractivity contribution in [1.29, 1.82) is 0 Å². The van der Waals surface area contributed by atoms with Gasteiger partial charge >= 0.3 is 0 Å². The van der Waals surface area contributed by atoms with Gasteiger partial charge in [-0.15, -0.1) is 0 Å². The first-order valence-corrected chi connectivity index (χ1v) is 14.6. The molecule has 1 aromatic carbocycles. The number of aromatic nitrogens is 4. The van der Waals surface area contributed by atoms with Crippen molar-refractivity contribution in [3.8, 4) is 0 Å². The van der Waals surface area contributed by atoms with E-state index in [0.717, 1.165) is 78.0 Å². The van der Waals surface area contributed by atoms with Crippen LogP contribution in [0, 0.1) is 12.8 Å². The minimum atomic E-state index is -0.00761. The molecule has 40 heavy (non-hydrogen) atoms. The maximum absolute atomic E-state index is 12.4. The third-order valence-electron chi connectivity index (χ3n) is 9.31. The van der Waals surface area contributed by atoms with Crippen molar-refractivity contribution in [2.24, 2.45) is 5.92 Å². The minimum Gasteiger partial charge on any atom is -0.352 e. The number of halogens is 1. The highest BCUT2D eigenvalue weighted by atomic mass is 35.5. The molecular weight excluding hydrogens is 524 g/mol. The van der Waals surface area contributed by atoms with Gasteiger partial charge in [0.05, 0.1) is 17.4 Å². The molecule has 2 saturated heterocycles. The highest BCUT2D eigenvalue weighted by Gasteiger charge is 2.38. The van der Waals surface area contributed by atoms with Crippen LogP contribution in [0.15, 0.2) is 24.9 Å². The largest absolute Gasteiger partial charge is 0.352 e. The Morgan fingerprint density at radius 2 is 1.93 bits per heavy atom. The fourth-order valence-corrected chi connectivity index (χ4v) is 6.96. The predicted molar refractivity (Wildman–Crippen MR) is 160 cm³/mol. The zero-order valence-electron chi connectivity index (χ0n) is 24.1. The second-order valence-corrected chi connectivity index (χ2v) is 12.5. The fourth-order valence-electron chi connectivity index (χ4n) is 6.75. The lowest BCUT2D eigenvalue weighted by Crippen LogP contribution is -2.58. The number of amides is 1. The van der Waals surface area contributed by atoms with Crippen LogP contribution in [0.3, 0.4) is 0 Å². The molecule has 2 fully saturated rings. The fraction of sp³-hybridized carbons (Fsp3) is 0.533. The van der Waals surface area contributed by atoms with E-state index in [-0.39, 0.29) is 17.9 Å². The van der Waals surface area contributed by atoms with Crippen molar-refractivity contribution >= 4 is 40.2 Å². The average molecular weight is 563 g/mol. The van der Waals surface area contributed by atoms with Crippen molar-refractivity contribution < 1.29 is 4.79 Å². The third kappa shape index (κ3) is 4.53. The second kappa shape index (κ2) is 10.3. The Kier molecular flexibility index (Phi) is 6.99. The van der Waals surface area contributed by atoms with Crippen molar-refractivity contribution in [2.45, 2.75) is 51.6 Å². The van der Waals surface area contributed by atoms with E-state index in [4.69, 9.17) is 21.6 Å². The molecule has 1 aliphatic carbocycles. The van der Waals surface area contributed by atoms with E-state index in [9.17, 15) is 4.79 Å². The molecule has 0 spiro atoms. The number of H-pyrrole nitrogens is 1. The van der Waals surface area contributed by atoms with Crippen LogP contribution in [-0.2, 0) is 17.6 Å². The predicted octanol–water partition coefficient (Wildman–Crippen LogP) is 3.81. The standard InChI is InChI=1S/C30H39ClN8O/c1-7-27(40)39-9-8-37(14-18(39)3)29-22-10-17(2)21(28-19(4)24(31)12-26-23(28)13-32-35-26)11-25(22)33-30(34-29)38-15-20(16-38)36(5)6/h7,12-13,17-18,20-21H,1,8-11,14-16H2,2-6H3,(H,32,35)/t17-,18?,21-/m1/s1. The molecule has 3 aliphatic rings. The third-order valence-corrected chi connectivity index (χ3v) is 9.70. The molecule has 10 heteroatoms. The average Bonchev–Trinajstić information content (AvgIpc) is 3.35. The first kappa shape index (κ1) is 27.0. The summed E-state index contributed by atoms with van der Waals surface area (Å²) in [5.41, 5.74) is 5.75. The van der Waals surface area contributed by atoms with Crippen molar-refractivity contribution in [3.63, 3.8) is 0 Å². The first-order valence-electron chi connectivity index (χ1n) is 14.3. The molecule has 1 amide bonds. The Morgan fingerprint density at radius 1 is 1.15 bits per heavy atom. The maximum atomic E-state index is 12.4. The van der Waals surface area contributed by atoms with Gasteiger partial charge in [0.25, 0.3) is 0 Å². The van der Waals surface area contributed by atoms with Crippen molar-refractivity contribution in [2.75, 3.05) is 56.6 Å². The van der Waals surface area contributed by atoms with Gasteiger partial charge < -0.3 is 19.6 Å². The number of carbonyl (C=O) groups is 1. The Morgan fingerprint density at radius 3 is 2.62 bits per heavy atom. The minimum absolute atomic E-state index is 0.00761. The number of likely N-dealkylation sites (N-methyl/N-ethyl adjacent to an activating group) is 1. The number of hydrogen-bond donors (Lipinski definition) is 1. The van der Waals surface area contributed by atoms with Crippen LogP contribution in [0.4, 0.5) is 11.8 Å². The molecule has 2 aliphatic heterocycles. The number of aromatic amines is 1. The van der Waals surface area contributed by atoms with Gasteiger partial charge in [-0.2, -0.15) is 10.1 Å². The van der Waals surface area contributed by atoms with Crippen LogP contribution >= 0.6 is 11.6 Å². The summed E-state index contributed by atoms with van der Waals surface area (Å²) in [5, 5.41) is 9.36. The lowest BCUT2D eigenvalue weighted by Gasteiger charge is -2.45. The molecule has 3 atom stereocenters. The molecule has 2 aromatic heterocycles. The van der Waals surface area contributed by atoms with Gasteiger partial charge in [0.2, 0.25) is 11.9 Å². The van der Waals surface area contributed by atoms with Crippen LogP contribution < -0.4 is 9.80 Å². The molecule has 6 rings (SSSR count). The first-order chi connectivity index (χ1) is 19.2. The van der Waals surface area contributed by atoms with Crippen LogP contribution in [-0.4, -0.2) is 94.8 Å². The molecular formula is C30H39ClN8O. The van der Waals surface area contributed by atoms with Gasteiger partial charge in [-0.25, -0.2) is 4.98 Å². The Hall–Kier alpha value is -3.17. The van der Waals surface area contributed by atoms with E-state index in [1.54, 1.807) is 0 Å². The van der Waals surface area contributed by atoms with Crippen LogP contribution in [0.2, 0.25) is 5.02 Å². The summed E-state index contributed by atoms with van der Waals surface area (Å²) in [6.07, 6.45) is 5.07. The smallest absolute Gasteiger partial charge is 0.246 e. The van der Waals surface area contributed by atoms with Gasteiger partial charge in [-0.3, -0.25) is 9.89 Å². The zero-order chi connectivity index (χ0) is 28.3. The lowest BCUT2D eigenvalue weighted by atomic mass is 9.73. The molecule has 1 N–H and O–H groups in total. The summed E-state index contributed by atoms with van der Waals surface area (Å²) in [5.74, 6) is 2.49. The molecule has 4 heterocycles.